The molecule has 1 aromatic carbocycles. The van der Waals surface area contributed by atoms with Gasteiger partial charge in [0.15, 0.2) is 11.8 Å². The average Bonchev–Trinajstić information content (AvgIpc) is 3.12. The Morgan fingerprint density at radius 1 is 1.15 bits per heavy atom. The van der Waals surface area contributed by atoms with Crippen LogP contribution in [-0.4, -0.2) is 29.2 Å². The first-order chi connectivity index (χ1) is 12.6. The number of aliphatic imine (C=N–C) groups is 1. The van der Waals surface area contributed by atoms with Crippen molar-refractivity contribution in [3.8, 4) is 0 Å². The molecule has 6 heteroatoms. The lowest BCUT2D eigenvalue weighted by Crippen LogP contribution is -2.37. The van der Waals surface area contributed by atoms with Gasteiger partial charge in [0.05, 0.1) is 6.54 Å². The van der Waals surface area contributed by atoms with Crippen LogP contribution in [0.3, 0.4) is 0 Å². The maximum Gasteiger partial charge on any atom is 0.226 e. The van der Waals surface area contributed by atoms with Gasteiger partial charge in [-0.05, 0) is 30.9 Å². The maximum absolute atomic E-state index is 5.28. The van der Waals surface area contributed by atoms with Crippen LogP contribution >= 0.6 is 0 Å². The molecule has 26 heavy (non-hydrogen) atoms. The van der Waals surface area contributed by atoms with Crippen molar-refractivity contribution < 1.29 is 4.52 Å². The Bertz CT molecular complexity index is 693. The summed E-state index contributed by atoms with van der Waals surface area (Å²) in [5.74, 6) is 2.61. The molecule has 0 atom stereocenters. The summed E-state index contributed by atoms with van der Waals surface area (Å²) in [6, 6.07) is 8.46. The van der Waals surface area contributed by atoms with Crippen LogP contribution in [0.25, 0.3) is 0 Å². The summed E-state index contributed by atoms with van der Waals surface area (Å²) in [6.45, 7) is 10.7. The second kappa shape index (κ2) is 10.6. The highest BCUT2D eigenvalue weighted by molar-refractivity contribution is 5.79. The molecular weight excluding hydrogens is 326 g/mol. The third-order valence-electron chi connectivity index (χ3n) is 4.11. The Hall–Kier alpha value is -2.37. The molecule has 0 fully saturated rings. The standard InChI is InChI=1S/C20H31N5O/c1-5-16-10-7-8-11-17(16)14-23-20(21-6-2)22-13-9-12-18-24-19(15(3)4)25-26-18/h7-8,10-11,15H,5-6,9,12-14H2,1-4H3,(H2,21,22,23). The first-order valence-corrected chi connectivity index (χ1v) is 9.55. The van der Waals surface area contributed by atoms with Crippen LogP contribution in [0.1, 0.15) is 62.9 Å². The van der Waals surface area contributed by atoms with E-state index in [-0.39, 0.29) is 0 Å². The smallest absolute Gasteiger partial charge is 0.226 e. The molecule has 0 bridgehead atoms. The van der Waals surface area contributed by atoms with Crippen molar-refractivity contribution >= 4 is 5.96 Å². The van der Waals surface area contributed by atoms with Crippen LogP contribution in [-0.2, 0) is 19.4 Å². The summed E-state index contributed by atoms with van der Waals surface area (Å²) >= 11 is 0. The number of nitrogens with zero attached hydrogens (tertiary/aromatic N) is 3. The van der Waals surface area contributed by atoms with E-state index in [1.807, 2.05) is 0 Å². The number of guanidine groups is 1. The van der Waals surface area contributed by atoms with Gasteiger partial charge in [0.1, 0.15) is 0 Å². The van der Waals surface area contributed by atoms with E-state index in [4.69, 9.17) is 9.52 Å². The van der Waals surface area contributed by atoms with Gasteiger partial charge in [-0.15, -0.1) is 0 Å². The van der Waals surface area contributed by atoms with Crippen LogP contribution < -0.4 is 10.6 Å². The zero-order valence-electron chi connectivity index (χ0n) is 16.4. The van der Waals surface area contributed by atoms with Gasteiger partial charge in [0, 0.05) is 25.4 Å². The van der Waals surface area contributed by atoms with E-state index >= 15 is 0 Å². The number of benzene rings is 1. The number of aryl methyl sites for hydroxylation is 2. The summed E-state index contributed by atoms with van der Waals surface area (Å²) in [5.41, 5.74) is 2.63. The van der Waals surface area contributed by atoms with Gasteiger partial charge in [-0.25, -0.2) is 4.99 Å². The molecule has 6 nitrogen and oxygen atoms in total. The summed E-state index contributed by atoms with van der Waals surface area (Å²) in [4.78, 5) is 9.11. The summed E-state index contributed by atoms with van der Waals surface area (Å²) < 4.78 is 5.28. The fourth-order valence-electron chi connectivity index (χ4n) is 2.61. The van der Waals surface area contributed by atoms with E-state index in [9.17, 15) is 0 Å². The number of rotatable bonds is 9. The first-order valence-electron chi connectivity index (χ1n) is 9.55. The number of hydrogen-bond donors (Lipinski definition) is 2. The van der Waals surface area contributed by atoms with E-state index in [2.05, 4.69) is 72.7 Å². The Morgan fingerprint density at radius 3 is 2.58 bits per heavy atom. The van der Waals surface area contributed by atoms with Crippen LogP contribution in [0.4, 0.5) is 0 Å². The Kier molecular flexibility index (Phi) is 8.12. The normalized spacial score (nSPS) is 11.8. The maximum atomic E-state index is 5.28. The quantitative estimate of drug-likeness (QED) is 0.408. The molecule has 0 spiro atoms. The van der Waals surface area contributed by atoms with Crippen LogP contribution in [0.2, 0.25) is 0 Å². The van der Waals surface area contributed by atoms with Crippen LogP contribution in [0.5, 0.6) is 0 Å². The lowest BCUT2D eigenvalue weighted by atomic mass is 10.1. The second-order valence-electron chi connectivity index (χ2n) is 6.55. The largest absolute Gasteiger partial charge is 0.357 e. The van der Waals surface area contributed by atoms with Crippen molar-refractivity contribution in [2.45, 2.75) is 59.4 Å². The van der Waals surface area contributed by atoms with Crippen molar-refractivity contribution in [1.29, 1.82) is 0 Å². The van der Waals surface area contributed by atoms with Crippen molar-refractivity contribution in [2.75, 3.05) is 13.1 Å². The summed E-state index contributed by atoms with van der Waals surface area (Å²) in [6.07, 6.45) is 2.71. The molecule has 0 aliphatic heterocycles. The van der Waals surface area contributed by atoms with Crippen molar-refractivity contribution in [3.63, 3.8) is 0 Å². The van der Waals surface area contributed by atoms with Crippen molar-refractivity contribution in [1.82, 2.24) is 20.8 Å². The SMILES string of the molecule is CCNC(=NCc1ccccc1CC)NCCCc1nc(C(C)C)no1. The van der Waals surface area contributed by atoms with Gasteiger partial charge in [0.25, 0.3) is 0 Å². The Labute approximate surface area is 156 Å². The molecule has 142 valence electrons. The molecular formula is C20H31N5O. The number of aromatic nitrogens is 2. The molecule has 0 aliphatic rings. The molecule has 0 aliphatic carbocycles. The number of hydrogen-bond acceptors (Lipinski definition) is 4. The van der Waals surface area contributed by atoms with Crippen molar-refractivity contribution in [3.05, 3.63) is 47.1 Å². The van der Waals surface area contributed by atoms with Gasteiger partial charge in [-0.2, -0.15) is 4.98 Å². The molecule has 2 rings (SSSR count). The molecule has 0 unspecified atom stereocenters. The number of nitrogens with one attached hydrogen (secondary N) is 2. The summed E-state index contributed by atoms with van der Waals surface area (Å²) in [7, 11) is 0. The molecule has 2 aromatic rings. The lowest BCUT2D eigenvalue weighted by molar-refractivity contribution is 0.368. The van der Waals surface area contributed by atoms with Gasteiger partial charge in [-0.1, -0.05) is 50.2 Å². The fourth-order valence-corrected chi connectivity index (χ4v) is 2.61. The van der Waals surface area contributed by atoms with Crippen LogP contribution in [0, 0.1) is 0 Å². The van der Waals surface area contributed by atoms with E-state index in [1.165, 1.54) is 11.1 Å². The van der Waals surface area contributed by atoms with E-state index < -0.39 is 0 Å². The fraction of sp³-hybridized carbons (Fsp3) is 0.550. The third-order valence-corrected chi connectivity index (χ3v) is 4.11. The Balaban J connectivity index is 1.83. The van der Waals surface area contributed by atoms with Crippen LogP contribution in [0.15, 0.2) is 33.8 Å². The van der Waals surface area contributed by atoms with Gasteiger partial charge in [-0.3, -0.25) is 0 Å². The monoisotopic (exact) mass is 357 g/mol. The molecule has 0 saturated carbocycles. The molecule has 0 radical (unpaired) electrons. The first kappa shape index (κ1) is 19.9. The minimum Gasteiger partial charge on any atom is -0.357 e. The Morgan fingerprint density at radius 2 is 1.92 bits per heavy atom. The zero-order chi connectivity index (χ0) is 18.8. The highest BCUT2D eigenvalue weighted by Gasteiger charge is 2.09. The third kappa shape index (κ3) is 6.17. The highest BCUT2D eigenvalue weighted by atomic mass is 16.5. The lowest BCUT2D eigenvalue weighted by Gasteiger charge is -2.11. The minimum atomic E-state index is 0.295. The highest BCUT2D eigenvalue weighted by Crippen LogP contribution is 2.11. The molecule has 0 amide bonds. The minimum absolute atomic E-state index is 0.295. The van der Waals surface area contributed by atoms with E-state index in [1.54, 1.807) is 0 Å². The molecule has 1 heterocycles. The predicted octanol–water partition coefficient (Wildman–Crippen LogP) is 3.44. The van der Waals surface area contributed by atoms with Gasteiger partial charge >= 0.3 is 0 Å². The van der Waals surface area contributed by atoms with E-state index in [0.29, 0.717) is 18.4 Å². The van der Waals surface area contributed by atoms with Crippen molar-refractivity contribution in [2.24, 2.45) is 4.99 Å². The van der Waals surface area contributed by atoms with Gasteiger partial charge in [0.2, 0.25) is 5.89 Å². The zero-order valence-corrected chi connectivity index (χ0v) is 16.4. The predicted molar refractivity (Wildman–Crippen MR) is 105 cm³/mol. The molecule has 2 N–H and O–H groups in total. The molecule has 0 saturated heterocycles. The second-order valence-corrected chi connectivity index (χ2v) is 6.55. The molecule has 1 aromatic heterocycles. The average molecular weight is 358 g/mol. The van der Waals surface area contributed by atoms with E-state index in [0.717, 1.165) is 44.1 Å². The topological polar surface area (TPSA) is 75.3 Å². The van der Waals surface area contributed by atoms with Gasteiger partial charge < -0.3 is 15.2 Å². The summed E-state index contributed by atoms with van der Waals surface area (Å²) in [5, 5.41) is 10.7.